The minimum atomic E-state index is 0.303. The predicted octanol–water partition coefficient (Wildman–Crippen LogP) is 5.76. The lowest BCUT2D eigenvalue weighted by molar-refractivity contribution is 0.469. The maximum Gasteiger partial charge on any atom is 0.119 e. The highest BCUT2D eigenvalue weighted by Gasteiger charge is 2.04. The molecule has 0 heterocycles. The third-order valence-electron chi connectivity index (χ3n) is 3.82. The normalized spacial score (nSPS) is 10.3. The first-order valence-electron chi connectivity index (χ1n) is 8.10. The van der Waals surface area contributed by atoms with Crippen molar-refractivity contribution in [3.8, 4) is 5.75 Å². The lowest BCUT2D eigenvalue weighted by atomic mass is 10.0. The zero-order valence-corrected chi connectivity index (χ0v) is 13.8. The summed E-state index contributed by atoms with van der Waals surface area (Å²) >= 11 is 0. The van der Waals surface area contributed by atoms with E-state index in [-0.39, 0.29) is 0 Å². The first-order valence-corrected chi connectivity index (χ1v) is 8.10. The van der Waals surface area contributed by atoms with E-state index in [4.69, 9.17) is 0 Å². The van der Waals surface area contributed by atoms with Crippen LogP contribution in [0.4, 0.5) is 5.69 Å². The average Bonchev–Trinajstić information content (AvgIpc) is 2.55. The molecular weight excluding hydrogens is 282 g/mol. The Labute approximate surface area is 139 Å². The van der Waals surface area contributed by atoms with Gasteiger partial charge in [0.1, 0.15) is 5.75 Å². The van der Waals surface area contributed by atoms with Gasteiger partial charge in [0.15, 0.2) is 0 Å². The molecule has 0 spiro atoms. The first-order chi connectivity index (χ1) is 11.1. The molecule has 0 aliphatic carbocycles. The van der Waals surface area contributed by atoms with Gasteiger partial charge in [-0.1, -0.05) is 56.8 Å². The van der Waals surface area contributed by atoms with Gasteiger partial charge in [0.2, 0.25) is 0 Å². The van der Waals surface area contributed by atoms with Gasteiger partial charge >= 0.3 is 0 Å². The molecule has 0 atom stereocenters. The Balaban J connectivity index is 2.01. The molecule has 2 rings (SSSR count). The molecule has 0 radical (unpaired) electrons. The van der Waals surface area contributed by atoms with Gasteiger partial charge in [0.05, 0.1) is 0 Å². The van der Waals surface area contributed by atoms with Crippen LogP contribution in [0.25, 0.3) is 5.57 Å². The van der Waals surface area contributed by atoms with Gasteiger partial charge in [-0.25, -0.2) is 0 Å². The summed E-state index contributed by atoms with van der Waals surface area (Å²) in [6, 6.07) is 15.6. The van der Waals surface area contributed by atoms with Crippen molar-refractivity contribution in [2.24, 2.45) is 0 Å². The van der Waals surface area contributed by atoms with E-state index >= 15 is 0 Å². The number of rotatable bonds is 8. The van der Waals surface area contributed by atoms with Crippen molar-refractivity contribution in [1.82, 2.24) is 0 Å². The fourth-order valence-electron chi connectivity index (χ4n) is 2.49. The lowest BCUT2D eigenvalue weighted by Gasteiger charge is -2.13. The Hall–Kier alpha value is -2.48. The fourth-order valence-corrected chi connectivity index (χ4v) is 2.49. The van der Waals surface area contributed by atoms with Gasteiger partial charge in [-0.15, -0.1) is 0 Å². The van der Waals surface area contributed by atoms with Crippen molar-refractivity contribution < 1.29 is 5.11 Å². The molecule has 0 amide bonds. The molecule has 2 aromatic rings. The van der Waals surface area contributed by atoms with Gasteiger partial charge in [0, 0.05) is 17.8 Å². The van der Waals surface area contributed by atoms with Gasteiger partial charge in [-0.2, -0.15) is 0 Å². The zero-order valence-electron chi connectivity index (χ0n) is 13.8. The molecule has 0 aromatic heterocycles. The van der Waals surface area contributed by atoms with Crippen LogP contribution in [-0.2, 0) is 6.42 Å². The van der Waals surface area contributed by atoms with E-state index in [0.29, 0.717) is 12.2 Å². The molecule has 120 valence electrons. The number of phenolic OH excluding ortho intramolecular Hbond substituents is 1. The number of benzene rings is 2. The first kappa shape index (κ1) is 16.9. The Kier molecular flexibility index (Phi) is 6.04. The highest BCUT2D eigenvalue weighted by atomic mass is 16.3. The van der Waals surface area contributed by atoms with E-state index in [2.05, 4.69) is 37.5 Å². The number of allylic oxidation sites excluding steroid dienone is 2. The predicted molar refractivity (Wildman–Crippen MR) is 99.6 cm³/mol. The van der Waals surface area contributed by atoms with Crippen LogP contribution in [0, 0.1) is 0 Å². The van der Waals surface area contributed by atoms with Crippen molar-refractivity contribution in [3.63, 3.8) is 0 Å². The highest BCUT2D eigenvalue weighted by Crippen LogP contribution is 2.24. The van der Waals surface area contributed by atoms with E-state index in [9.17, 15) is 5.11 Å². The van der Waals surface area contributed by atoms with Crippen molar-refractivity contribution in [3.05, 3.63) is 78.5 Å². The monoisotopic (exact) mass is 307 g/mol. The number of hydrogen-bond acceptors (Lipinski definition) is 2. The topological polar surface area (TPSA) is 32.3 Å². The SMILES string of the molecule is C=C(Cc1ccccc1O)Nc1cccc(C(=C)CCCC)c1. The Bertz CT molecular complexity index is 688. The fraction of sp³-hybridized carbons (Fsp3) is 0.238. The van der Waals surface area contributed by atoms with Crippen LogP contribution in [0.3, 0.4) is 0 Å². The lowest BCUT2D eigenvalue weighted by Crippen LogP contribution is -2.02. The largest absolute Gasteiger partial charge is 0.508 e. The minimum Gasteiger partial charge on any atom is -0.508 e. The van der Waals surface area contributed by atoms with Gasteiger partial charge in [-0.05, 0) is 47.7 Å². The molecule has 2 nitrogen and oxygen atoms in total. The van der Waals surface area contributed by atoms with Gasteiger partial charge < -0.3 is 10.4 Å². The molecule has 0 saturated heterocycles. The standard InChI is InChI=1S/C21H25NO/c1-4-5-9-16(2)18-11-8-12-20(15-18)22-17(3)14-19-10-6-7-13-21(19)23/h6-8,10-13,15,22-23H,2-5,9,14H2,1H3. The molecule has 0 saturated carbocycles. The number of nitrogens with one attached hydrogen (secondary N) is 1. The molecule has 0 fully saturated rings. The highest BCUT2D eigenvalue weighted by molar-refractivity contribution is 5.67. The maximum absolute atomic E-state index is 9.84. The van der Waals surface area contributed by atoms with Crippen molar-refractivity contribution in [2.75, 3.05) is 5.32 Å². The van der Waals surface area contributed by atoms with Crippen molar-refractivity contribution in [2.45, 2.75) is 32.6 Å². The van der Waals surface area contributed by atoms with E-state index in [0.717, 1.165) is 29.8 Å². The average molecular weight is 307 g/mol. The second-order valence-electron chi connectivity index (χ2n) is 5.82. The Morgan fingerprint density at radius 1 is 1.09 bits per heavy atom. The van der Waals surface area contributed by atoms with Crippen LogP contribution >= 0.6 is 0 Å². The number of phenols is 1. The van der Waals surface area contributed by atoms with E-state index in [1.807, 2.05) is 30.3 Å². The van der Waals surface area contributed by atoms with Crippen LogP contribution in [0.1, 0.15) is 37.3 Å². The molecule has 0 unspecified atom stereocenters. The minimum absolute atomic E-state index is 0.303. The summed E-state index contributed by atoms with van der Waals surface area (Å²) in [5.41, 5.74) is 5.05. The van der Waals surface area contributed by atoms with E-state index in [1.165, 1.54) is 17.6 Å². The van der Waals surface area contributed by atoms with Crippen LogP contribution in [0.15, 0.2) is 67.4 Å². The number of aromatic hydroxyl groups is 1. The van der Waals surface area contributed by atoms with E-state index < -0.39 is 0 Å². The molecule has 0 bridgehead atoms. The summed E-state index contributed by atoms with van der Waals surface area (Å²) in [4.78, 5) is 0. The van der Waals surface area contributed by atoms with Gasteiger partial charge in [0.25, 0.3) is 0 Å². The molecular formula is C21H25NO. The van der Waals surface area contributed by atoms with Crippen molar-refractivity contribution >= 4 is 11.3 Å². The van der Waals surface area contributed by atoms with E-state index in [1.54, 1.807) is 6.07 Å². The molecule has 0 aliphatic rings. The third-order valence-corrected chi connectivity index (χ3v) is 3.82. The summed E-state index contributed by atoms with van der Waals surface area (Å²) in [5.74, 6) is 0.303. The zero-order chi connectivity index (χ0) is 16.7. The van der Waals surface area contributed by atoms with Crippen molar-refractivity contribution in [1.29, 1.82) is 0 Å². The molecule has 2 aromatic carbocycles. The quantitative estimate of drug-likeness (QED) is 0.649. The smallest absolute Gasteiger partial charge is 0.119 e. The summed E-state index contributed by atoms with van der Waals surface area (Å²) in [6.45, 7) is 10.4. The second-order valence-corrected chi connectivity index (χ2v) is 5.82. The van der Waals surface area contributed by atoms with Crippen LogP contribution in [0.5, 0.6) is 5.75 Å². The summed E-state index contributed by atoms with van der Waals surface area (Å²) in [7, 11) is 0. The summed E-state index contributed by atoms with van der Waals surface area (Å²) < 4.78 is 0. The summed E-state index contributed by atoms with van der Waals surface area (Å²) in [6.07, 6.45) is 3.96. The molecule has 23 heavy (non-hydrogen) atoms. The number of para-hydroxylation sites is 1. The number of anilines is 1. The molecule has 0 aliphatic heterocycles. The Morgan fingerprint density at radius 3 is 2.61 bits per heavy atom. The second kappa shape index (κ2) is 8.23. The summed E-state index contributed by atoms with van der Waals surface area (Å²) in [5, 5.41) is 13.2. The van der Waals surface area contributed by atoms with Crippen LogP contribution in [-0.4, -0.2) is 5.11 Å². The maximum atomic E-state index is 9.84. The molecule has 2 heteroatoms. The third kappa shape index (κ3) is 5.03. The molecule has 2 N–H and O–H groups in total. The van der Waals surface area contributed by atoms with Crippen LogP contribution in [0.2, 0.25) is 0 Å². The van der Waals surface area contributed by atoms with Crippen LogP contribution < -0.4 is 5.32 Å². The van der Waals surface area contributed by atoms with Gasteiger partial charge in [-0.3, -0.25) is 0 Å². The number of hydrogen-bond donors (Lipinski definition) is 2. The Morgan fingerprint density at radius 2 is 1.87 bits per heavy atom. The number of unbranched alkanes of at least 4 members (excludes halogenated alkanes) is 1.